The lowest BCUT2D eigenvalue weighted by molar-refractivity contribution is -0.123. The summed E-state index contributed by atoms with van der Waals surface area (Å²) < 4.78 is 24.3. The van der Waals surface area contributed by atoms with Gasteiger partial charge in [0.05, 0.1) is 49.8 Å². The van der Waals surface area contributed by atoms with Crippen LogP contribution in [0.3, 0.4) is 0 Å². The summed E-state index contributed by atoms with van der Waals surface area (Å²) in [5.41, 5.74) is 3.93. The van der Waals surface area contributed by atoms with Gasteiger partial charge < -0.3 is 24.3 Å². The molecule has 0 bridgehead atoms. The molecule has 0 saturated carbocycles. The summed E-state index contributed by atoms with van der Waals surface area (Å²) >= 11 is 1.47. The SMILES string of the molecule is COc1ccc(-n2nc(-c3ccccc3)c3c2N(CC(=O)NC[C@H]2CCCO2)C(=O)CS[C@@H]3c2cc(OC)ccc2OC)cc1. The smallest absolute Gasteiger partial charge is 0.240 e. The lowest BCUT2D eigenvalue weighted by atomic mass is 9.98. The van der Waals surface area contributed by atoms with Crippen molar-refractivity contribution in [2.45, 2.75) is 24.2 Å². The third-order valence-corrected chi connectivity index (χ3v) is 9.26. The molecule has 1 saturated heterocycles. The van der Waals surface area contributed by atoms with Gasteiger partial charge in [-0.2, -0.15) is 5.10 Å². The molecule has 0 radical (unpaired) electrons. The van der Waals surface area contributed by atoms with Crippen LogP contribution in [0.25, 0.3) is 16.9 Å². The third kappa shape index (κ3) is 6.36. The molecule has 2 amide bonds. The first kappa shape index (κ1) is 30.5. The summed E-state index contributed by atoms with van der Waals surface area (Å²) in [6.07, 6.45) is 1.86. The van der Waals surface area contributed by atoms with Crippen LogP contribution in [0.4, 0.5) is 5.82 Å². The summed E-state index contributed by atoms with van der Waals surface area (Å²) in [7, 11) is 4.86. The number of hydrogen-bond donors (Lipinski definition) is 1. The first-order chi connectivity index (χ1) is 22.0. The van der Waals surface area contributed by atoms with Crippen LogP contribution in [0.5, 0.6) is 17.2 Å². The van der Waals surface area contributed by atoms with Gasteiger partial charge in [-0.05, 0) is 55.3 Å². The second-order valence-electron chi connectivity index (χ2n) is 10.8. The zero-order valence-electron chi connectivity index (χ0n) is 25.5. The molecule has 1 aromatic heterocycles. The number of hydrogen-bond acceptors (Lipinski definition) is 8. The van der Waals surface area contributed by atoms with E-state index >= 15 is 0 Å². The Hall–Kier alpha value is -4.48. The lowest BCUT2D eigenvalue weighted by Crippen LogP contribution is -2.44. The van der Waals surface area contributed by atoms with Crippen LogP contribution in [0.1, 0.15) is 29.2 Å². The highest BCUT2D eigenvalue weighted by Gasteiger charge is 2.39. The minimum Gasteiger partial charge on any atom is -0.497 e. The Morgan fingerprint density at radius 3 is 2.44 bits per heavy atom. The molecule has 4 aromatic rings. The maximum absolute atomic E-state index is 14.0. The molecule has 1 fully saturated rings. The normalized spacial score (nSPS) is 17.8. The van der Waals surface area contributed by atoms with E-state index < -0.39 is 0 Å². The minimum absolute atomic E-state index is 0.0145. The first-order valence-electron chi connectivity index (χ1n) is 14.9. The number of thioether (sulfide) groups is 1. The van der Waals surface area contributed by atoms with Gasteiger partial charge in [-0.25, -0.2) is 4.68 Å². The number of benzene rings is 3. The monoisotopic (exact) mass is 628 g/mol. The fourth-order valence-corrected chi connectivity index (χ4v) is 6.97. The molecule has 3 aromatic carbocycles. The van der Waals surface area contributed by atoms with Crippen molar-refractivity contribution in [2.24, 2.45) is 0 Å². The Kier molecular flexibility index (Phi) is 9.27. The van der Waals surface area contributed by atoms with Gasteiger partial charge in [0.25, 0.3) is 0 Å². The molecular weight excluding hydrogens is 592 g/mol. The molecule has 2 aliphatic heterocycles. The van der Waals surface area contributed by atoms with Crippen molar-refractivity contribution in [3.63, 3.8) is 0 Å². The van der Waals surface area contributed by atoms with Gasteiger partial charge in [-0.15, -0.1) is 11.8 Å². The van der Waals surface area contributed by atoms with Gasteiger partial charge in [0.15, 0.2) is 0 Å². The number of nitrogens with one attached hydrogen (secondary N) is 1. The van der Waals surface area contributed by atoms with Crippen molar-refractivity contribution in [1.82, 2.24) is 15.1 Å². The molecule has 234 valence electrons. The number of fused-ring (bicyclic) bond motifs is 1. The van der Waals surface area contributed by atoms with E-state index in [0.29, 0.717) is 41.9 Å². The number of ether oxygens (including phenoxy) is 4. The Morgan fingerprint density at radius 2 is 1.76 bits per heavy atom. The van der Waals surface area contributed by atoms with Crippen LogP contribution < -0.4 is 24.4 Å². The summed E-state index contributed by atoms with van der Waals surface area (Å²) in [6, 6.07) is 23.0. The van der Waals surface area contributed by atoms with Gasteiger partial charge in [-0.3, -0.25) is 14.5 Å². The Balaban J connectivity index is 1.55. The molecule has 6 rings (SSSR count). The topological polar surface area (TPSA) is 104 Å². The maximum Gasteiger partial charge on any atom is 0.240 e. The van der Waals surface area contributed by atoms with E-state index in [2.05, 4.69) is 5.32 Å². The molecule has 3 heterocycles. The molecule has 0 aliphatic carbocycles. The third-order valence-electron chi connectivity index (χ3n) is 8.03. The largest absolute Gasteiger partial charge is 0.497 e. The minimum atomic E-state index is -0.379. The molecule has 1 N–H and O–H groups in total. The Labute approximate surface area is 266 Å². The highest BCUT2D eigenvalue weighted by atomic mass is 32.2. The van der Waals surface area contributed by atoms with Gasteiger partial charge in [0.1, 0.15) is 29.6 Å². The van der Waals surface area contributed by atoms with Crippen molar-refractivity contribution >= 4 is 29.4 Å². The van der Waals surface area contributed by atoms with Crippen LogP contribution >= 0.6 is 11.8 Å². The maximum atomic E-state index is 14.0. The summed E-state index contributed by atoms with van der Waals surface area (Å²) in [5.74, 6) is 2.20. The number of anilines is 1. The molecule has 11 heteroatoms. The molecule has 2 aliphatic rings. The van der Waals surface area contributed by atoms with Crippen LogP contribution in [0.2, 0.25) is 0 Å². The number of carbonyl (C=O) groups is 2. The second kappa shape index (κ2) is 13.7. The van der Waals surface area contributed by atoms with Gasteiger partial charge in [-0.1, -0.05) is 30.3 Å². The second-order valence-corrected chi connectivity index (χ2v) is 11.9. The number of methoxy groups -OCH3 is 3. The van der Waals surface area contributed by atoms with Crippen molar-refractivity contribution in [3.05, 3.63) is 83.9 Å². The number of nitrogens with zero attached hydrogens (tertiary/aromatic N) is 3. The van der Waals surface area contributed by atoms with Crippen LogP contribution in [0.15, 0.2) is 72.8 Å². The van der Waals surface area contributed by atoms with Crippen LogP contribution in [0, 0.1) is 0 Å². The average molecular weight is 629 g/mol. The average Bonchev–Trinajstić information content (AvgIpc) is 3.72. The fraction of sp³-hybridized carbons (Fsp3) is 0.324. The highest BCUT2D eigenvalue weighted by Crippen LogP contribution is 2.51. The van der Waals surface area contributed by atoms with Gasteiger partial charge >= 0.3 is 0 Å². The predicted octanol–water partition coefficient (Wildman–Crippen LogP) is 5.03. The van der Waals surface area contributed by atoms with Crippen molar-refractivity contribution in [3.8, 4) is 34.2 Å². The van der Waals surface area contributed by atoms with E-state index in [0.717, 1.165) is 35.2 Å². The molecule has 45 heavy (non-hydrogen) atoms. The molecule has 10 nitrogen and oxygen atoms in total. The standard InChI is InChI=1S/C34H36N4O6S/c1-41-24-13-11-23(12-14-24)38-34-31(32(36-38)22-8-5-4-6-9-22)33(27-18-25(42-2)15-16-28(27)43-3)45-21-30(40)37(34)20-29(39)35-19-26-10-7-17-44-26/h4-6,8-9,11-16,18,26,33H,7,10,17,19-21H2,1-3H3,(H,35,39)/t26-,33-/m1/s1. The lowest BCUT2D eigenvalue weighted by Gasteiger charge is -2.24. The zero-order chi connectivity index (χ0) is 31.3. The van der Waals surface area contributed by atoms with E-state index in [9.17, 15) is 9.59 Å². The number of aromatic nitrogens is 2. The highest BCUT2D eigenvalue weighted by molar-refractivity contribution is 8.00. The van der Waals surface area contributed by atoms with E-state index in [1.807, 2.05) is 72.8 Å². The molecular formula is C34H36N4O6S. The fourth-order valence-electron chi connectivity index (χ4n) is 5.75. The summed E-state index contributed by atoms with van der Waals surface area (Å²) in [6.45, 7) is 0.931. The Morgan fingerprint density at radius 1 is 1.00 bits per heavy atom. The number of rotatable bonds is 10. The summed E-state index contributed by atoms with van der Waals surface area (Å²) in [4.78, 5) is 29.0. The van der Waals surface area contributed by atoms with Gasteiger partial charge in [0, 0.05) is 29.8 Å². The number of amides is 2. The summed E-state index contributed by atoms with van der Waals surface area (Å²) in [5, 5.41) is 7.76. The Bertz CT molecular complexity index is 1650. The van der Waals surface area contributed by atoms with E-state index in [4.69, 9.17) is 24.0 Å². The van der Waals surface area contributed by atoms with Crippen molar-refractivity contribution in [1.29, 1.82) is 0 Å². The molecule has 0 unspecified atom stereocenters. The zero-order valence-corrected chi connectivity index (χ0v) is 26.3. The quantitative estimate of drug-likeness (QED) is 0.261. The van der Waals surface area contributed by atoms with E-state index in [1.54, 1.807) is 30.9 Å². The first-order valence-corrected chi connectivity index (χ1v) is 15.9. The van der Waals surface area contributed by atoms with E-state index in [1.165, 1.54) is 11.8 Å². The van der Waals surface area contributed by atoms with E-state index in [-0.39, 0.29) is 35.5 Å². The predicted molar refractivity (Wildman–Crippen MR) is 174 cm³/mol. The van der Waals surface area contributed by atoms with Crippen molar-refractivity contribution in [2.75, 3.05) is 51.7 Å². The molecule has 0 spiro atoms. The van der Waals surface area contributed by atoms with Crippen LogP contribution in [-0.4, -0.2) is 74.5 Å². The molecule has 2 atom stereocenters. The van der Waals surface area contributed by atoms with Crippen molar-refractivity contribution < 1.29 is 28.5 Å². The van der Waals surface area contributed by atoms with Crippen LogP contribution in [-0.2, 0) is 14.3 Å². The number of carbonyl (C=O) groups excluding carboxylic acids is 2. The van der Waals surface area contributed by atoms with Gasteiger partial charge in [0.2, 0.25) is 11.8 Å².